The van der Waals surface area contributed by atoms with E-state index in [-0.39, 0.29) is 17.7 Å². The van der Waals surface area contributed by atoms with Gasteiger partial charge in [-0.1, -0.05) is 36.2 Å². The van der Waals surface area contributed by atoms with E-state index in [2.05, 4.69) is 10.3 Å². The molecular weight excluding hydrogens is 354 g/mol. The topological polar surface area (TPSA) is 94.1 Å². The normalized spacial score (nSPS) is 15.2. The van der Waals surface area contributed by atoms with Crippen LogP contribution in [0.3, 0.4) is 0 Å². The maximum absolute atomic E-state index is 13.0. The van der Waals surface area contributed by atoms with Crippen molar-refractivity contribution in [2.75, 3.05) is 13.1 Å². The SMILES string of the molecule is CCCc1c(C(=O)N2CCC(C(N)=O)CC2)nnn1-c1cccc(Cl)c1. The summed E-state index contributed by atoms with van der Waals surface area (Å²) in [6.45, 7) is 3.05. The maximum atomic E-state index is 13.0. The van der Waals surface area contributed by atoms with Crippen molar-refractivity contribution < 1.29 is 9.59 Å². The Morgan fingerprint density at radius 2 is 2.04 bits per heavy atom. The average Bonchev–Trinajstić information content (AvgIpc) is 3.05. The highest BCUT2D eigenvalue weighted by Gasteiger charge is 2.30. The molecule has 7 nitrogen and oxygen atoms in total. The molecule has 1 aromatic carbocycles. The molecule has 0 radical (unpaired) electrons. The van der Waals surface area contributed by atoms with Crippen LogP contribution in [0.1, 0.15) is 42.4 Å². The summed E-state index contributed by atoms with van der Waals surface area (Å²) in [5.41, 5.74) is 7.28. The lowest BCUT2D eigenvalue weighted by Gasteiger charge is -2.30. The van der Waals surface area contributed by atoms with Gasteiger partial charge in [0.2, 0.25) is 5.91 Å². The Morgan fingerprint density at radius 1 is 1.31 bits per heavy atom. The average molecular weight is 376 g/mol. The maximum Gasteiger partial charge on any atom is 0.276 e. The molecule has 1 fully saturated rings. The predicted octanol–water partition coefficient (Wildman–Crippen LogP) is 2.21. The van der Waals surface area contributed by atoms with Crippen molar-refractivity contribution in [2.24, 2.45) is 11.7 Å². The van der Waals surface area contributed by atoms with Crippen LogP contribution in [0.2, 0.25) is 5.02 Å². The second-order valence-corrected chi connectivity index (χ2v) is 6.93. The van der Waals surface area contributed by atoms with Gasteiger partial charge < -0.3 is 10.6 Å². The summed E-state index contributed by atoms with van der Waals surface area (Å²) in [7, 11) is 0. The van der Waals surface area contributed by atoms with Crippen LogP contribution in [0, 0.1) is 5.92 Å². The molecule has 0 bridgehead atoms. The van der Waals surface area contributed by atoms with Crippen molar-refractivity contribution in [2.45, 2.75) is 32.6 Å². The lowest BCUT2D eigenvalue weighted by atomic mass is 9.96. The van der Waals surface area contributed by atoms with Gasteiger partial charge in [-0.25, -0.2) is 4.68 Å². The van der Waals surface area contributed by atoms with Gasteiger partial charge in [-0.2, -0.15) is 0 Å². The number of hydrogen-bond acceptors (Lipinski definition) is 4. The summed E-state index contributed by atoms with van der Waals surface area (Å²) in [5, 5.41) is 8.95. The van der Waals surface area contributed by atoms with E-state index in [4.69, 9.17) is 17.3 Å². The number of rotatable bonds is 5. The Morgan fingerprint density at radius 3 is 2.65 bits per heavy atom. The number of piperidine rings is 1. The zero-order valence-electron chi connectivity index (χ0n) is 14.7. The van der Waals surface area contributed by atoms with Gasteiger partial charge in [0.1, 0.15) is 0 Å². The Hall–Kier alpha value is -2.41. The second kappa shape index (κ2) is 7.86. The van der Waals surface area contributed by atoms with Crippen molar-refractivity contribution in [3.8, 4) is 5.69 Å². The Labute approximate surface area is 157 Å². The number of amides is 2. The summed E-state index contributed by atoms with van der Waals surface area (Å²) in [6.07, 6.45) is 2.72. The zero-order chi connectivity index (χ0) is 18.7. The van der Waals surface area contributed by atoms with Gasteiger partial charge in [0, 0.05) is 24.0 Å². The number of hydrogen-bond donors (Lipinski definition) is 1. The van der Waals surface area contributed by atoms with Crippen LogP contribution < -0.4 is 5.73 Å². The van der Waals surface area contributed by atoms with E-state index in [9.17, 15) is 9.59 Å². The number of aromatic nitrogens is 3. The largest absolute Gasteiger partial charge is 0.369 e. The number of primary amides is 1. The molecule has 0 unspecified atom stereocenters. The third-order valence-corrected chi connectivity index (χ3v) is 4.92. The molecule has 0 aliphatic carbocycles. The Bertz CT molecular complexity index is 812. The summed E-state index contributed by atoms with van der Waals surface area (Å²) in [4.78, 5) is 26.0. The summed E-state index contributed by atoms with van der Waals surface area (Å²) >= 11 is 6.08. The molecule has 3 rings (SSSR count). The van der Waals surface area contributed by atoms with Crippen LogP contribution in [0.5, 0.6) is 0 Å². The first kappa shape index (κ1) is 18.4. The predicted molar refractivity (Wildman–Crippen MR) is 98.2 cm³/mol. The van der Waals surface area contributed by atoms with Gasteiger partial charge in [0.05, 0.1) is 11.4 Å². The van der Waals surface area contributed by atoms with Gasteiger partial charge in [-0.3, -0.25) is 9.59 Å². The molecule has 1 aliphatic heterocycles. The molecular formula is C18H22ClN5O2. The fourth-order valence-corrected chi connectivity index (χ4v) is 3.45. The highest BCUT2D eigenvalue weighted by atomic mass is 35.5. The van der Waals surface area contributed by atoms with Gasteiger partial charge in [-0.15, -0.1) is 5.10 Å². The number of benzene rings is 1. The number of nitrogens with zero attached hydrogens (tertiary/aromatic N) is 4. The molecule has 2 amide bonds. The monoisotopic (exact) mass is 375 g/mol. The van der Waals surface area contributed by atoms with Gasteiger partial charge in [0.15, 0.2) is 5.69 Å². The van der Waals surface area contributed by atoms with Crippen molar-refractivity contribution in [3.05, 3.63) is 40.7 Å². The first-order valence-corrected chi connectivity index (χ1v) is 9.18. The first-order valence-electron chi connectivity index (χ1n) is 8.80. The van der Waals surface area contributed by atoms with Crippen molar-refractivity contribution in [1.82, 2.24) is 19.9 Å². The van der Waals surface area contributed by atoms with E-state index in [1.54, 1.807) is 21.7 Å². The standard InChI is InChI=1S/C18H22ClN5O2/c1-2-4-15-16(18(26)23-9-7-12(8-10-23)17(20)25)21-22-24(15)14-6-3-5-13(19)11-14/h3,5-6,11-12H,2,4,7-10H2,1H3,(H2,20,25). The number of likely N-dealkylation sites (tertiary alicyclic amines) is 1. The molecule has 0 saturated carbocycles. The van der Waals surface area contributed by atoms with Crippen molar-refractivity contribution in [1.29, 1.82) is 0 Å². The summed E-state index contributed by atoms with van der Waals surface area (Å²) in [5.74, 6) is -0.600. The highest BCUT2D eigenvalue weighted by molar-refractivity contribution is 6.30. The van der Waals surface area contributed by atoms with E-state index in [0.717, 1.165) is 17.8 Å². The fourth-order valence-electron chi connectivity index (χ4n) is 3.26. The zero-order valence-corrected chi connectivity index (χ0v) is 15.4. The van der Waals surface area contributed by atoms with E-state index in [1.807, 2.05) is 19.1 Å². The number of carbonyl (C=O) groups excluding carboxylic acids is 2. The molecule has 2 N–H and O–H groups in total. The van der Waals surface area contributed by atoms with Crippen molar-refractivity contribution >= 4 is 23.4 Å². The molecule has 2 aromatic rings. The van der Waals surface area contributed by atoms with Gasteiger partial charge >= 0.3 is 0 Å². The van der Waals surface area contributed by atoms with Crippen LogP contribution in [0.15, 0.2) is 24.3 Å². The number of halogens is 1. The highest BCUT2D eigenvalue weighted by Crippen LogP contribution is 2.22. The minimum absolute atomic E-state index is 0.148. The quantitative estimate of drug-likeness (QED) is 0.866. The van der Waals surface area contributed by atoms with Crippen LogP contribution in [-0.2, 0) is 11.2 Å². The van der Waals surface area contributed by atoms with Crippen LogP contribution >= 0.6 is 11.6 Å². The smallest absolute Gasteiger partial charge is 0.276 e. The van der Waals surface area contributed by atoms with E-state index in [0.29, 0.717) is 43.1 Å². The number of carbonyl (C=O) groups is 2. The second-order valence-electron chi connectivity index (χ2n) is 6.50. The molecule has 2 heterocycles. The molecule has 26 heavy (non-hydrogen) atoms. The third-order valence-electron chi connectivity index (χ3n) is 4.69. The molecule has 138 valence electrons. The van der Waals surface area contributed by atoms with E-state index < -0.39 is 0 Å². The fraction of sp³-hybridized carbons (Fsp3) is 0.444. The first-order chi connectivity index (χ1) is 12.5. The minimum atomic E-state index is -0.296. The Kier molecular flexibility index (Phi) is 5.56. The summed E-state index contributed by atoms with van der Waals surface area (Å²) in [6, 6.07) is 7.30. The van der Waals surface area contributed by atoms with E-state index in [1.165, 1.54) is 0 Å². The van der Waals surface area contributed by atoms with Gasteiger partial charge in [0.25, 0.3) is 5.91 Å². The molecule has 1 aromatic heterocycles. The number of nitrogens with two attached hydrogens (primary N) is 1. The van der Waals surface area contributed by atoms with Crippen LogP contribution in [-0.4, -0.2) is 44.8 Å². The third kappa shape index (κ3) is 3.72. The van der Waals surface area contributed by atoms with E-state index >= 15 is 0 Å². The Balaban J connectivity index is 1.86. The van der Waals surface area contributed by atoms with Gasteiger partial charge in [-0.05, 0) is 37.5 Å². The molecule has 0 spiro atoms. The van der Waals surface area contributed by atoms with Crippen LogP contribution in [0.4, 0.5) is 0 Å². The molecule has 8 heteroatoms. The lowest BCUT2D eigenvalue weighted by molar-refractivity contribution is -0.123. The summed E-state index contributed by atoms with van der Waals surface area (Å²) < 4.78 is 1.68. The van der Waals surface area contributed by atoms with Crippen molar-refractivity contribution in [3.63, 3.8) is 0 Å². The van der Waals surface area contributed by atoms with Crippen LogP contribution in [0.25, 0.3) is 5.69 Å². The molecule has 1 aliphatic rings. The molecule has 0 atom stereocenters. The lowest BCUT2D eigenvalue weighted by Crippen LogP contribution is -2.42. The minimum Gasteiger partial charge on any atom is -0.369 e. The molecule has 1 saturated heterocycles.